The molecule has 1 heterocycles. The van der Waals surface area contributed by atoms with Crippen LogP contribution in [0, 0.1) is 0 Å². The number of likely N-dealkylation sites (N-methyl/N-ethyl adjacent to an activating group) is 2. The first kappa shape index (κ1) is 15.7. The molecule has 1 aromatic carbocycles. The Kier molecular flexibility index (Phi) is 4.25. The molecule has 0 spiro atoms. The molecular weight excluding hydrogens is 286 g/mol. The predicted octanol–water partition coefficient (Wildman–Crippen LogP) is 0.301. The third kappa shape index (κ3) is 2.45. The molecule has 22 heavy (non-hydrogen) atoms. The molecule has 0 aliphatic carbocycles. The molecule has 1 aliphatic heterocycles. The van der Waals surface area contributed by atoms with E-state index in [4.69, 9.17) is 5.73 Å². The predicted molar refractivity (Wildman–Crippen MR) is 79.1 cm³/mol. The average Bonchev–Trinajstić information content (AvgIpc) is 2.79. The lowest BCUT2D eigenvalue weighted by atomic mass is 10.0. The first-order valence-corrected chi connectivity index (χ1v) is 6.87. The molecule has 0 aromatic heterocycles. The lowest BCUT2D eigenvalue weighted by Crippen LogP contribution is -2.43. The summed E-state index contributed by atoms with van der Waals surface area (Å²) in [6, 6.07) is 3.70. The number of rotatable bonds is 4. The standard InChI is InChI=1S/C15H17N3O4/c1-3-18-13(20)7-12(15(18)22)17(2)14(21)9-5-4-6-11(16)10(9)8-19/h4-6,8,12H,3,7,16H2,1-2H3. The minimum Gasteiger partial charge on any atom is -0.398 e. The molecule has 116 valence electrons. The van der Waals surface area contributed by atoms with Crippen LogP contribution >= 0.6 is 0 Å². The molecule has 2 rings (SSSR count). The minimum atomic E-state index is -0.846. The highest BCUT2D eigenvalue weighted by atomic mass is 16.2. The SMILES string of the molecule is CCN1C(=O)CC(N(C)C(=O)c2cccc(N)c2C=O)C1=O. The smallest absolute Gasteiger partial charge is 0.255 e. The first-order valence-electron chi connectivity index (χ1n) is 6.87. The number of amides is 3. The third-order valence-corrected chi connectivity index (χ3v) is 3.81. The van der Waals surface area contributed by atoms with Gasteiger partial charge >= 0.3 is 0 Å². The van der Waals surface area contributed by atoms with Crippen LogP contribution < -0.4 is 5.73 Å². The maximum atomic E-state index is 12.5. The van der Waals surface area contributed by atoms with E-state index in [0.29, 0.717) is 6.29 Å². The second kappa shape index (κ2) is 5.97. The Hall–Kier alpha value is -2.70. The number of nitrogens with two attached hydrogens (primary N) is 1. The number of carbonyl (C=O) groups is 4. The van der Waals surface area contributed by atoms with Gasteiger partial charge in [0.15, 0.2) is 6.29 Å². The van der Waals surface area contributed by atoms with Gasteiger partial charge in [-0.15, -0.1) is 0 Å². The lowest BCUT2D eigenvalue weighted by molar-refractivity contribution is -0.139. The largest absolute Gasteiger partial charge is 0.398 e. The van der Waals surface area contributed by atoms with Crippen molar-refractivity contribution >= 4 is 29.7 Å². The number of nitrogens with zero attached hydrogens (tertiary/aromatic N) is 2. The zero-order valence-corrected chi connectivity index (χ0v) is 12.4. The van der Waals surface area contributed by atoms with Crippen molar-refractivity contribution in [3.63, 3.8) is 0 Å². The number of imide groups is 1. The summed E-state index contributed by atoms with van der Waals surface area (Å²) >= 11 is 0. The molecule has 1 atom stereocenters. The Morgan fingerprint density at radius 1 is 1.45 bits per heavy atom. The van der Waals surface area contributed by atoms with Crippen LogP contribution in [0.25, 0.3) is 0 Å². The van der Waals surface area contributed by atoms with E-state index in [9.17, 15) is 19.2 Å². The van der Waals surface area contributed by atoms with E-state index in [1.54, 1.807) is 13.0 Å². The van der Waals surface area contributed by atoms with E-state index in [0.717, 1.165) is 4.90 Å². The lowest BCUT2D eigenvalue weighted by Gasteiger charge is -2.23. The highest BCUT2D eigenvalue weighted by Crippen LogP contribution is 2.22. The zero-order valence-electron chi connectivity index (χ0n) is 12.4. The molecule has 1 aromatic rings. The Morgan fingerprint density at radius 2 is 2.14 bits per heavy atom. The highest BCUT2D eigenvalue weighted by molar-refractivity contribution is 6.10. The van der Waals surface area contributed by atoms with Gasteiger partial charge in [-0.05, 0) is 19.1 Å². The van der Waals surface area contributed by atoms with Gasteiger partial charge in [-0.2, -0.15) is 0 Å². The van der Waals surface area contributed by atoms with E-state index >= 15 is 0 Å². The van der Waals surface area contributed by atoms with Gasteiger partial charge in [0.2, 0.25) is 5.91 Å². The minimum absolute atomic E-state index is 0.0480. The van der Waals surface area contributed by atoms with Crippen molar-refractivity contribution < 1.29 is 19.2 Å². The van der Waals surface area contributed by atoms with Crippen molar-refractivity contribution in [2.45, 2.75) is 19.4 Å². The summed E-state index contributed by atoms with van der Waals surface area (Å²) in [6.07, 6.45) is 0.462. The topological polar surface area (TPSA) is 101 Å². The molecule has 1 unspecified atom stereocenters. The van der Waals surface area contributed by atoms with Crippen molar-refractivity contribution in [3.8, 4) is 0 Å². The van der Waals surface area contributed by atoms with Crippen molar-refractivity contribution in [3.05, 3.63) is 29.3 Å². The molecule has 0 radical (unpaired) electrons. The van der Waals surface area contributed by atoms with Gasteiger partial charge in [0, 0.05) is 24.8 Å². The quantitative estimate of drug-likeness (QED) is 0.490. The van der Waals surface area contributed by atoms with E-state index in [1.165, 1.54) is 24.1 Å². The van der Waals surface area contributed by atoms with Crippen molar-refractivity contribution in [2.75, 3.05) is 19.3 Å². The van der Waals surface area contributed by atoms with Crippen LogP contribution in [0.4, 0.5) is 5.69 Å². The van der Waals surface area contributed by atoms with E-state index in [-0.39, 0.29) is 35.7 Å². The summed E-state index contributed by atoms with van der Waals surface area (Å²) < 4.78 is 0. The van der Waals surface area contributed by atoms with Crippen molar-refractivity contribution in [1.82, 2.24) is 9.80 Å². The van der Waals surface area contributed by atoms with Crippen LogP contribution in [0.1, 0.15) is 34.1 Å². The molecule has 1 saturated heterocycles. The normalized spacial score (nSPS) is 17.7. The fourth-order valence-electron chi connectivity index (χ4n) is 2.53. The fourth-order valence-corrected chi connectivity index (χ4v) is 2.53. The number of hydrogen-bond donors (Lipinski definition) is 1. The number of benzene rings is 1. The first-order chi connectivity index (χ1) is 10.4. The molecule has 0 bridgehead atoms. The van der Waals surface area contributed by atoms with Crippen LogP contribution in [-0.2, 0) is 9.59 Å². The van der Waals surface area contributed by atoms with Crippen molar-refractivity contribution in [2.24, 2.45) is 0 Å². The molecular formula is C15H17N3O4. The molecule has 1 fully saturated rings. The van der Waals surface area contributed by atoms with Gasteiger partial charge in [0.25, 0.3) is 11.8 Å². The van der Waals surface area contributed by atoms with Crippen LogP contribution in [0.3, 0.4) is 0 Å². The summed E-state index contributed by atoms with van der Waals surface area (Å²) in [4.78, 5) is 49.9. The summed E-state index contributed by atoms with van der Waals surface area (Å²) in [7, 11) is 1.44. The zero-order chi connectivity index (χ0) is 16.4. The molecule has 2 N–H and O–H groups in total. The van der Waals surface area contributed by atoms with Crippen LogP contribution in [0.15, 0.2) is 18.2 Å². The number of carbonyl (C=O) groups excluding carboxylic acids is 4. The Morgan fingerprint density at radius 3 is 2.68 bits per heavy atom. The maximum Gasteiger partial charge on any atom is 0.255 e. The van der Waals surface area contributed by atoms with Crippen LogP contribution in [0.5, 0.6) is 0 Å². The number of nitrogen functional groups attached to an aromatic ring is 1. The average molecular weight is 303 g/mol. The Bertz CT molecular complexity index is 656. The van der Waals surface area contributed by atoms with E-state index < -0.39 is 17.9 Å². The van der Waals surface area contributed by atoms with Gasteiger partial charge in [-0.3, -0.25) is 24.1 Å². The fraction of sp³-hybridized carbons (Fsp3) is 0.333. The maximum absolute atomic E-state index is 12.5. The van der Waals surface area contributed by atoms with Crippen LogP contribution in [0.2, 0.25) is 0 Å². The number of hydrogen-bond acceptors (Lipinski definition) is 5. The van der Waals surface area contributed by atoms with Crippen molar-refractivity contribution in [1.29, 1.82) is 0 Å². The molecule has 7 nitrogen and oxygen atoms in total. The van der Waals surface area contributed by atoms with Gasteiger partial charge < -0.3 is 10.6 Å². The molecule has 1 aliphatic rings. The van der Waals surface area contributed by atoms with Gasteiger partial charge in [-0.25, -0.2) is 0 Å². The molecule has 0 saturated carbocycles. The Balaban J connectivity index is 2.31. The second-order valence-electron chi connectivity index (χ2n) is 5.04. The molecule has 7 heteroatoms. The number of aldehydes is 1. The monoisotopic (exact) mass is 303 g/mol. The van der Waals surface area contributed by atoms with Crippen LogP contribution in [-0.4, -0.2) is 53.4 Å². The summed E-state index contributed by atoms with van der Waals surface area (Å²) in [5.41, 5.74) is 6.08. The summed E-state index contributed by atoms with van der Waals surface area (Å²) in [5, 5.41) is 0. The molecule has 3 amide bonds. The second-order valence-corrected chi connectivity index (χ2v) is 5.04. The highest BCUT2D eigenvalue weighted by Gasteiger charge is 2.41. The number of likely N-dealkylation sites (tertiary alicyclic amines) is 1. The number of anilines is 1. The Labute approximate surface area is 127 Å². The van der Waals surface area contributed by atoms with Gasteiger partial charge in [0.1, 0.15) is 6.04 Å². The van der Waals surface area contributed by atoms with Gasteiger partial charge in [-0.1, -0.05) is 6.07 Å². The summed E-state index contributed by atoms with van der Waals surface area (Å²) in [6.45, 7) is 1.97. The van der Waals surface area contributed by atoms with E-state index in [1.807, 2.05) is 0 Å². The van der Waals surface area contributed by atoms with E-state index in [2.05, 4.69) is 0 Å². The van der Waals surface area contributed by atoms with Gasteiger partial charge in [0.05, 0.1) is 12.0 Å². The third-order valence-electron chi connectivity index (χ3n) is 3.81. The summed E-state index contributed by atoms with van der Waals surface area (Å²) in [5.74, 6) is -1.22.